The van der Waals surface area contributed by atoms with Crippen LogP contribution in [0, 0.1) is 0 Å². The minimum atomic E-state index is -1.82. The predicted molar refractivity (Wildman–Crippen MR) is 103 cm³/mol. The SMILES string of the molecule is C[C@H]([C@@H]1COC(c2ccccc2)(c2ccccc2)O1)N(C)C.O=C(O)C(=O)O. The van der Waals surface area contributed by atoms with Crippen LogP contribution in [0.3, 0.4) is 0 Å². The molecule has 150 valence electrons. The van der Waals surface area contributed by atoms with Crippen LogP contribution in [-0.2, 0) is 24.8 Å². The molecule has 2 aromatic carbocycles. The number of hydrogen-bond donors (Lipinski definition) is 2. The lowest BCUT2D eigenvalue weighted by Crippen LogP contribution is -2.39. The maximum absolute atomic E-state index is 9.10. The predicted octanol–water partition coefficient (Wildman–Crippen LogP) is 2.41. The molecule has 1 fully saturated rings. The Bertz CT molecular complexity index is 726. The van der Waals surface area contributed by atoms with Gasteiger partial charge in [0.15, 0.2) is 0 Å². The molecule has 1 aliphatic rings. The number of likely N-dealkylation sites (N-methyl/N-ethyl adjacent to an activating group) is 1. The van der Waals surface area contributed by atoms with E-state index >= 15 is 0 Å². The summed E-state index contributed by atoms with van der Waals surface area (Å²) >= 11 is 0. The molecule has 7 nitrogen and oxygen atoms in total. The lowest BCUT2D eigenvalue weighted by atomic mass is 9.97. The summed E-state index contributed by atoms with van der Waals surface area (Å²) in [5, 5.41) is 14.8. The van der Waals surface area contributed by atoms with E-state index in [0.717, 1.165) is 11.1 Å². The van der Waals surface area contributed by atoms with Gasteiger partial charge in [0.1, 0.15) is 6.10 Å². The van der Waals surface area contributed by atoms with Crippen molar-refractivity contribution in [3.63, 3.8) is 0 Å². The Hall–Kier alpha value is -2.74. The standard InChI is InChI=1S/C19H23NO2.C2H2O4/c1-15(20(2)3)18-14-21-19(22-18,16-10-6-4-7-11-16)17-12-8-5-9-13-17;3-1(4)2(5)6/h4-13,15,18H,14H2,1-3H3;(H,3,4)(H,5,6)/t15-,18+;/m1./s1. The van der Waals surface area contributed by atoms with Gasteiger partial charge >= 0.3 is 11.9 Å². The van der Waals surface area contributed by atoms with Crippen molar-refractivity contribution in [1.82, 2.24) is 4.90 Å². The highest BCUT2D eigenvalue weighted by atomic mass is 16.7. The van der Waals surface area contributed by atoms with Gasteiger partial charge in [-0.05, 0) is 21.0 Å². The number of benzene rings is 2. The van der Waals surface area contributed by atoms with Crippen LogP contribution in [0.15, 0.2) is 60.7 Å². The third-order valence-electron chi connectivity index (χ3n) is 4.61. The molecule has 0 radical (unpaired) electrons. The molecule has 2 aromatic rings. The van der Waals surface area contributed by atoms with Gasteiger partial charge in [-0.3, -0.25) is 0 Å². The zero-order valence-corrected chi connectivity index (χ0v) is 16.1. The van der Waals surface area contributed by atoms with Crippen molar-refractivity contribution in [2.45, 2.75) is 24.9 Å². The highest BCUT2D eigenvalue weighted by Crippen LogP contribution is 2.41. The molecule has 0 bridgehead atoms. The van der Waals surface area contributed by atoms with Gasteiger partial charge in [-0.25, -0.2) is 9.59 Å². The smallest absolute Gasteiger partial charge is 0.414 e. The molecule has 2 atom stereocenters. The summed E-state index contributed by atoms with van der Waals surface area (Å²) in [6.45, 7) is 2.75. The van der Waals surface area contributed by atoms with Gasteiger partial charge in [0.25, 0.3) is 0 Å². The minimum absolute atomic E-state index is 0.0374. The first-order valence-electron chi connectivity index (χ1n) is 8.83. The van der Waals surface area contributed by atoms with E-state index in [4.69, 9.17) is 29.3 Å². The van der Waals surface area contributed by atoms with Crippen molar-refractivity contribution in [3.8, 4) is 0 Å². The molecule has 7 heteroatoms. The van der Waals surface area contributed by atoms with Gasteiger partial charge in [-0.1, -0.05) is 60.7 Å². The van der Waals surface area contributed by atoms with Crippen LogP contribution in [0.4, 0.5) is 0 Å². The minimum Gasteiger partial charge on any atom is -0.473 e. The van der Waals surface area contributed by atoms with Gasteiger partial charge in [-0.15, -0.1) is 0 Å². The topological polar surface area (TPSA) is 96.3 Å². The van der Waals surface area contributed by atoms with Crippen LogP contribution in [0.1, 0.15) is 18.1 Å². The van der Waals surface area contributed by atoms with E-state index in [2.05, 4.69) is 50.2 Å². The Balaban J connectivity index is 0.000000409. The van der Waals surface area contributed by atoms with E-state index in [1.54, 1.807) is 0 Å². The summed E-state index contributed by atoms with van der Waals surface area (Å²) in [7, 11) is 4.14. The lowest BCUT2D eigenvalue weighted by molar-refractivity contribution is -0.159. The van der Waals surface area contributed by atoms with Gasteiger partial charge in [0.05, 0.1) is 6.61 Å². The normalized spacial score (nSPS) is 18.8. The van der Waals surface area contributed by atoms with Crippen LogP contribution in [0.5, 0.6) is 0 Å². The second kappa shape index (κ2) is 9.45. The Labute approximate surface area is 164 Å². The molecule has 28 heavy (non-hydrogen) atoms. The highest BCUT2D eigenvalue weighted by molar-refractivity contribution is 6.27. The molecule has 0 spiro atoms. The monoisotopic (exact) mass is 387 g/mol. The maximum Gasteiger partial charge on any atom is 0.414 e. The first-order valence-corrected chi connectivity index (χ1v) is 8.83. The maximum atomic E-state index is 9.10. The molecule has 3 rings (SSSR count). The summed E-state index contributed by atoms with van der Waals surface area (Å²) in [6.07, 6.45) is 0.0374. The summed E-state index contributed by atoms with van der Waals surface area (Å²) in [4.78, 5) is 20.4. The van der Waals surface area contributed by atoms with Crippen molar-refractivity contribution in [2.75, 3.05) is 20.7 Å². The van der Waals surface area contributed by atoms with Crippen molar-refractivity contribution in [2.24, 2.45) is 0 Å². The van der Waals surface area contributed by atoms with Crippen LogP contribution in [0.25, 0.3) is 0 Å². The van der Waals surface area contributed by atoms with E-state index < -0.39 is 17.7 Å². The van der Waals surface area contributed by atoms with Crippen molar-refractivity contribution < 1.29 is 29.3 Å². The second-order valence-electron chi connectivity index (χ2n) is 6.63. The van der Waals surface area contributed by atoms with Crippen LogP contribution < -0.4 is 0 Å². The average Bonchev–Trinajstić information content (AvgIpc) is 3.15. The molecule has 0 amide bonds. The fourth-order valence-corrected chi connectivity index (χ4v) is 2.84. The molecular weight excluding hydrogens is 362 g/mol. The third kappa shape index (κ3) is 4.95. The van der Waals surface area contributed by atoms with E-state index in [-0.39, 0.29) is 12.1 Å². The van der Waals surface area contributed by atoms with Gasteiger partial charge < -0.3 is 24.6 Å². The van der Waals surface area contributed by atoms with Crippen molar-refractivity contribution in [3.05, 3.63) is 71.8 Å². The number of carboxylic acid groups (broad SMARTS) is 2. The van der Waals surface area contributed by atoms with Gasteiger partial charge in [0, 0.05) is 17.2 Å². The summed E-state index contributed by atoms with van der Waals surface area (Å²) in [5.74, 6) is -4.46. The molecule has 0 saturated carbocycles. The highest BCUT2D eigenvalue weighted by Gasteiger charge is 2.46. The Morgan fingerprint density at radius 3 is 1.75 bits per heavy atom. The Morgan fingerprint density at radius 2 is 1.39 bits per heavy atom. The van der Waals surface area contributed by atoms with Crippen molar-refractivity contribution >= 4 is 11.9 Å². The molecule has 1 aliphatic heterocycles. The fourth-order valence-electron chi connectivity index (χ4n) is 2.84. The molecule has 1 saturated heterocycles. The first-order chi connectivity index (χ1) is 13.3. The average molecular weight is 387 g/mol. The summed E-state index contributed by atoms with van der Waals surface area (Å²) < 4.78 is 12.7. The molecule has 0 aliphatic carbocycles. The second-order valence-corrected chi connectivity index (χ2v) is 6.63. The summed E-state index contributed by atoms with van der Waals surface area (Å²) in [6, 6.07) is 20.7. The zero-order valence-electron chi connectivity index (χ0n) is 16.1. The van der Waals surface area contributed by atoms with E-state index in [1.807, 2.05) is 36.4 Å². The van der Waals surface area contributed by atoms with Gasteiger partial charge in [-0.2, -0.15) is 0 Å². The number of rotatable bonds is 4. The van der Waals surface area contributed by atoms with Gasteiger partial charge in [0.2, 0.25) is 5.79 Å². The van der Waals surface area contributed by atoms with Crippen molar-refractivity contribution in [1.29, 1.82) is 0 Å². The van der Waals surface area contributed by atoms with E-state index in [0.29, 0.717) is 6.61 Å². The third-order valence-corrected chi connectivity index (χ3v) is 4.61. The summed E-state index contributed by atoms with van der Waals surface area (Å²) in [5.41, 5.74) is 2.07. The number of aliphatic carboxylic acids is 2. The molecule has 1 heterocycles. The molecule has 2 N–H and O–H groups in total. The lowest BCUT2D eigenvalue weighted by Gasteiger charge is -2.31. The largest absolute Gasteiger partial charge is 0.473 e. The zero-order chi connectivity index (χ0) is 20.7. The first kappa shape index (κ1) is 21.6. The van der Waals surface area contributed by atoms with Crippen LogP contribution in [0.2, 0.25) is 0 Å². The van der Waals surface area contributed by atoms with E-state index in [1.165, 1.54) is 0 Å². The van der Waals surface area contributed by atoms with Crippen LogP contribution in [-0.4, -0.2) is 59.9 Å². The van der Waals surface area contributed by atoms with E-state index in [9.17, 15) is 0 Å². The Kier molecular flexibility index (Phi) is 7.28. The number of nitrogens with zero attached hydrogens (tertiary/aromatic N) is 1. The quantitative estimate of drug-likeness (QED) is 0.778. The number of carboxylic acids is 2. The molecule has 0 aromatic heterocycles. The molecular formula is C21H25NO6. The Morgan fingerprint density at radius 1 is 0.964 bits per heavy atom. The molecule has 0 unspecified atom stereocenters. The number of carbonyl (C=O) groups is 2. The fraction of sp³-hybridized carbons (Fsp3) is 0.333. The number of ether oxygens (including phenoxy) is 2. The number of hydrogen-bond acceptors (Lipinski definition) is 5. The van der Waals surface area contributed by atoms with Crippen LogP contribution >= 0.6 is 0 Å².